The molecule has 4 rings (SSSR count). The molecule has 0 unspecified atom stereocenters. The number of carbonyl (C=O) groups is 1. The first kappa shape index (κ1) is 27.7. The molecule has 8 nitrogen and oxygen atoms in total. The fourth-order valence-corrected chi connectivity index (χ4v) is 4.98. The number of alkyl halides is 2. The van der Waals surface area contributed by atoms with Crippen molar-refractivity contribution in [2.45, 2.75) is 103 Å². The number of hydrogen-bond donors (Lipinski definition) is 3. The number of halogens is 2. The van der Waals surface area contributed by atoms with Crippen LogP contribution in [0.3, 0.4) is 0 Å². The second-order valence-electron chi connectivity index (χ2n) is 12.2. The number of rotatable bonds is 9. The zero-order valence-corrected chi connectivity index (χ0v) is 22.6. The summed E-state index contributed by atoms with van der Waals surface area (Å²) in [5.41, 5.74) is 7.91. The van der Waals surface area contributed by atoms with Gasteiger partial charge in [0.25, 0.3) is 0 Å². The second-order valence-corrected chi connectivity index (χ2v) is 12.2. The minimum absolute atomic E-state index is 0.0681. The van der Waals surface area contributed by atoms with Gasteiger partial charge in [0.05, 0.1) is 24.1 Å². The van der Waals surface area contributed by atoms with E-state index in [2.05, 4.69) is 29.6 Å². The lowest BCUT2D eigenvalue weighted by molar-refractivity contribution is -0.0500. The van der Waals surface area contributed by atoms with Crippen LogP contribution in [0.15, 0.2) is 18.5 Å². The number of amides is 1. The Labute approximate surface area is 218 Å². The molecule has 3 atom stereocenters. The molecule has 2 saturated carbocycles. The topological polar surface area (TPSA) is 107 Å². The van der Waals surface area contributed by atoms with Crippen LogP contribution in [0.4, 0.5) is 13.6 Å². The van der Waals surface area contributed by atoms with Crippen molar-refractivity contribution in [1.29, 1.82) is 0 Å². The van der Waals surface area contributed by atoms with Gasteiger partial charge >= 0.3 is 6.09 Å². The lowest BCUT2D eigenvalue weighted by Crippen LogP contribution is -2.40. The van der Waals surface area contributed by atoms with Crippen molar-refractivity contribution in [1.82, 2.24) is 25.2 Å². The molecule has 0 spiro atoms. The third-order valence-corrected chi connectivity index (χ3v) is 7.47. The van der Waals surface area contributed by atoms with Gasteiger partial charge in [-0.3, -0.25) is 0 Å². The summed E-state index contributed by atoms with van der Waals surface area (Å²) in [5, 5.41) is 11.2. The van der Waals surface area contributed by atoms with Crippen LogP contribution in [0.25, 0.3) is 5.65 Å². The zero-order valence-electron chi connectivity index (χ0n) is 22.6. The van der Waals surface area contributed by atoms with Crippen LogP contribution in [0, 0.1) is 17.8 Å². The zero-order chi connectivity index (χ0) is 27.0. The van der Waals surface area contributed by atoms with Gasteiger partial charge in [-0.15, -0.1) is 0 Å². The second kappa shape index (κ2) is 10.8. The Morgan fingerprint density at radius 1 is 1.19 bits per heavy atom. The van der Waals surface area contributed by atoms with Crippen molar-refractivity contribution in [3.8, 4) is 0 Å². The standard InChI is InChI=1S/C27H42F2N6O2/c1-16(2)20(30)14-31-23(17-6-7-17)19-12-22-33-21(15-35(22)32-13-19)24(34-25(36)37-26(3,4)5)18-8-10-27(28,29)11-9-18/h12-13,15-18,20,23-24,31H,6-11,14,30H2,1-5H3,(H,34,36)/t20-,23+,24-/m0/s1. The van der Waals surface area contributed by atoms with Crippen molar-refractivity contribution in [2.24, 2.45) is 23.5 Å². The van der Waals surface area contributed by atoms with E-state index in [9.17, 15) is 13.6 Å². The van der Waals surface area contributed by atoms with Gasteiger partial charge < -0.3 is 21.1 Å². The minimum atomic E-state index is -2.66. The summed E-state index contributed by atoms with van der Waals surface area (Å²) in [5.74, 6) is -1.90. The Morgan fingerprint density at radius 3 is 2.43 bits per heavy atom. The van der Waals surface area contributed by atoms with Crippen LogP contribution < -0.4 is 16.4 Å². The quantitative estimate of drug-likeness (QED) is 0.423. The monoisotopic (exact) mass is 520 g/mol. The molecule has 0 radical (unpaired) electrons. The Hall–Kier alpha value is -2.33. The highest BCUT2D eigenvalue weighted by atomic mass is 19.3. The fourth-order valence-electron chi connectivity index (χ4n) is 4.98. The molecule has 206 valence electrons. The van der Waals surface area contributed by atoms with Crippen LogP contribution in [-0.4, -0.2) is 44.8 Å². The van der Waals surface area contributed by atoms with Gasteiger partial charge in [-0.05, 0) is 75.8 Å². The summed E-state index contributed by atoms with van der Waals surface area (Å²) in [4.78, 5) is 17.5. The third kappa shape index (κ3) is 7.37. The summed E-state index contributed by atoms with van der Waals surface area (Å²) in [6.45, 7) is 10.3. The van der Waals surface area contributed by atoms with Crippen LogP contribution >= 0.6 is 0 Å². The molecule has 2 aromatic rings. The number of fused-ring (bicyclic) bond motifs is 1. The van der Waals surface area contributed by atoms with E-state index >= 15 is 0 Å². The Bertz CT molecular complexity index is 1070. The molecule has 2 aliphatic rings. The fraction of sp³-hybridized carbons (Fsp3) is 0.741. The molecule has 1 amide bonds. The molecule has 0 aromatic carbocycles. The Balaban J connectivity index is 1.57. The number of alkyl carbamates (subject to hydrolysis) is 1. The van der Waals surface area contributed by atoms with Crippen LogP contribution in [0.1, 0.15) is 96.5 Å². The van der Waals surface area contributed by atoms with E-state index in [0.29, 0.717) is 36.0 Å². The van der Waals surface area contributed by atoms with Crippen molar-refractivity contribution in [3.63, 3.8) is 0 Å². The SMILES string of the molecule is CC(C)[C@@H](N)CN[C@@H](c1cnn2cc([C@@H](NC(=O)OC(C)(C)C)C3CCC(F)(F)CC3)nc2c1)C1CC1. The van der Waals surface area contributed by atoms with Crippen molar-refractivity contribution in [3.05, 3.63) is 29.7 Å². The highest BCUT2D eigenvalue weighted by Gasteiger charge is 2.40. The highest BCUT2D eigenvalue weighted by molar-refractivity contribution is 5.68. The maximum absolute atomic E-state index is 13.9. The van der Waals surface area contributed by atoms with E-state index in [-0.39, 0.29) is 30.8 Å². The Kier molecular flexibility index (Phi) is 8.09. The summed E-state index contributed by atoms with van der Waals surface area (Å²) in [6, 6.07) is 1.70. The lowest BCUT2D eigenvalue weighted by Gasteiger charge is -2.33. The maximum atomic E-state index is 13.9. The van der Waals surface area contributed by atoms with Crippen LogP contribution in [0.2, 0.25) is 0 Å². The summed E-state index contributed by atoms with van der Waals surface area (Å²) in [7, 11) is 0. The maximum Gasteiger partial charge on any atom is 0.408 e. The number of imidazole rings is 1. The van der Waals surface area contributed by atoms with Crippen LogP contribution in [-0.2, 0) is 4.74 Å². The number of nitrogens with zero attached hydrogens (tertiary/aromatic N) is 3. The average Bonchev–Trinajstić information content (AvgIpc) is 3.54. The van der Waals surface area contributed by atoms with Crippen molar-refractivity contribution < 1.29 is 18.3 Å². The van der Waals surface area contributed by atoms with E-state index in [1.54, 1.807) is 31.5 Å². The number of nitrogens with two attached hydrogens (primary N) is 1. The first-order chi connectivity index (χ1) is 17.3. The normalized spacial score (nSPS) is 21.1. The largest absolute Gasteiger partial charge is 0.444 e. The Morgan fingerprint density at radius 2 is 1.84 bits per heavy atom. The average molecular weight is 521 g/mol. The van der Waals surface area contributed by atoms with Gasteiger partial charge in [0, 0.05) is 31.5 Å². The summed E-state index contributed by atoms with van der Waals surface area (Å²) < 4.78 is 34.9. The first-order valence-electron chi connectivity index (χ1n) is 13.5. The third-order valence-electron chi connectivity index (χ3n) is 7.47. The number of nitrogens with one attached hydrogen (secondary N) is 2. The van der Waals surface area contributed by atoms with Gasteiger partial charge in [0.15, 0.2) is 5.65 Å². The molecule has 2 aliphatic carbocycles. The smallest absolute Gasteiger partial charge is 0.408 e. The minimum Gasteiger partial charge on any atom is -0.444 e. The van der Waals surface area contributed by atoms with Crippen molar-refractivity contribution >= 4 is 11.7 Å². The molecule has 4 N–H and O–H groups in total. The first-order valence-corrected chi connectivity index (χ1v) is 13.5. The van der Waals surface area contributed by atoms with Gasteiger partial charge in [-0.1, -0.05) is 13.8 Å². The summed E-state index contributed by atoms with van der Waals surface area (Å²) >= 11 is 0. The van der Waals surface area contributed by atoms with Gasteiger partial charge in [-0.2, -0.15) is 5.10 Å². The van der Waals surface area contributed by atoms with Gasteiger partial charge in [0.2, 0.25) is 5.92 Å². The van der Waals surface area contributed by atoms with E-state index in [4.69, 9.17) is 15.5 Å². The predicted molar refractivity (Wildman–Crippen MR) is 138 cm³/mol. The summed E-state index contributed by atoms with van der Waals surface area (Å²) in [6.07, 6.45) is 5.56. The predicted octanol–water partition coefficient (Wildman–Crippen LogP) is 5.14. The highest BCUT2D eigenvalue weighted by Crippen LogP contribution is 2.42. The van der Waals surface area contributed by atoms with Gasteiger partial charge in [0.1, 0.15) is 5.60 Å². The van der Waals surface area contributed by atoms with E-state index < -0.39 is 23.7 Å². The molecule has 0 bridgehead atoms. The number of hydrogen-bond acceptors (Lipinski definition) is 6. The molecule has 0 aliphatic heterocycles. The van der Waals surface area contributed by atoms with E-state index in [1.807, 2.05) is 12.3 Å². The van der Waals surface area contributed by atoms with Gasteiger partial charge in [-0.25, -0.2) is 23.1 Å². The van der Waals surface area contributed by atoms with Crippen LogP contribution in [0.5, 0.6) is 0 Å². The molecule has 0 saturated heterocycles. The molecule has 10 heteroatoms. The molecule has 2 fully saturated rings. The number of aromatic nitrogens is 3. The number of carbonyl (C=O) groups excluding carboxylic acids is 1. The molecular weight excluding hydrogens is 478 g/mol. The molecular formula is C27H42F2N6O2. The molecule has 2 heterocycles. The van der Waals surface area contributed by atoms with Crippen molar-refractivity contribution in [2.75, 3.05) is 6.54 Å². The lowest BCUT2D eigenvalue weighted by atomic mass is 9.81. The van der Waals surface area contributed by atoms with E-state index in [0.717, 1.165) is 24.9 Å². The number of ether oxygens (including phenoxy) is 1. The molecule has 2 aromatic heterocycles. The van der Waals surface area contributed by atoms with E-state index in [1.165, 1.54) is 0 Å². The molecule has 37 heavy (non-hydrogen) atoms.